The van der Waals surface area contributed by atoms with Crippen LogP contribution in [0.5, 0.6) is 0 Å². The van der Waals surface area contributed by atoms with E-state index in [0.717, 1.165) is 48.4 Å². The molecule has 1 fully saturated rings. The molecule has 2 aromatic carbocycles. The van der Waals surface area contributed by atoms with Crippen LogP contribution in [-0.2, 0) is 27.6 Å². The monoisotopic (exact) mass is 462 g/mol. The van der Waals surface area contributed by atoms with E-state index >= 15 is 0 Å². The van der Waals surface area contributed by atoms with E-state index in [-0.39, 0.29) is 16.8 Å². The second-order valence-corrected chi connectivity index (χ2v) is 10.4. The van der Waals surface area contributed by atoms with E-state index in [0.29, 0.717) is 17.9 Å². The zero-order valence-corrected chi connectivity index (χ0v) is 19.0. The number of fused-ring (bicyclic) bond motifs is 1. The minimum absolute atomic E-state index is 0.0957. The highest BCUT2D eigenvalue weighted by atomic mass is 32.2. The van der Waals surface area contributed by atoms with Gasteiger partial charge in [0.1, 0.15) is 6.04 Å². The Morgan fingerprint density at radius 2 is 1.85 bits per heavy atom. The molecule has 0 saturated carbocycles. The molecule has 1 unspecified atom stereocenters. The molecule has 8 heteroatoms. The smallest absolute Gasteiger partial charge is 0.243 e. The minimum atomic E-state index is -3.61. The summed E-state index contributed by atoms with van der Waals surface area (Å²) in [5.74, 6) is -0.0957. The van der Waals surface area contributed by atoms with E-state index in [1.165, 1.54) is 0 Å². The summed E-state index contributed by atoms with van der Waals surface area (Å²) in [6, 6.07) is 15.4. The molecule has 33 heavy (non-hydrogen) atoms. The Balaban J connectivity index is 1.23. The number of sulfone groups is 1. The number of nitrogens with one attached hydrogen (secondary N) is 2. The van der Waals surface area contributed by atoms with Gasteiger partial charge in [-0.1, -0.05) is 18.2 Å². The second-order valence-electron chi connectivity index (χ2n) is 8.49. The van der Waals surface area contributed by atoms with Crippen molar-refractivity contribution in [3.8, 4) is 0 Å². The maximum atomic E-state index is 13.2. The first-order valence-corrected chi connectivity index (χ1v) is 12.7. The summed E-state index contributed by atoms with van der Waals surface area (Å²) in [5.41, 5.74) is 3.76. The molecular formula is C25H26N4O3S. The normalized spacial score (nSPS) is 17.5. The van der Waals surface area contributed by atoms with Gasteiger partial charge in [-0.2, -0.15) is 0 Å². The quantitative estimate of drug-likeness (QED) is 0.585. The number of hydrogen-bond acceptors (Lipinski definition) is 6. The zero-order chi connectivity index (χ0) is 22.8. The van der Waals surface area contributed by atoms with E-state index in [4.69, 9.17) is 0 Å². The van der Waals surface area contributed by atoms with Crippen LogP contribution in [0.15, 0.2) is 76.8 Å². The van der Waals surface area contributed by atoms with Gasteiger partial charge in [0, 0.05) is 49.8 Å². The molecule has 5 rings (SSSR count). The van der Waals surface area contributed by atoms with E-state index in [1.807, 2.05) is 12.1 Å². The lowest BCUT2D eigenvalue weighted by molar-refractivity contribution is -0.121. The largest absolute Gasteiger partial charge is 0.373 e. The number of carbonyl (C=O) groups is 1. The minimum Gasteiger partial charge on any atom is -0.373 e. The van der Waals surface area contributed by atoms with Gasteiger partial charge in [-0.25, -0.2) is 8.42 Å². The SMILES string of the molecule is O=C(NCc1ccc(S(=O)(=O)c2cccc(N3CCCC3)c2)cc1)C1Cc2cnccc2N1. The molecule has 0 aliphatic carbocycles. The Morgan fingerprint density at radius 1 is 1.06 bits per heavy atom. The van der Waals surface area contributed by atoms with Crippen molar-refractivity contribution in [3.05, 3.63) is 78.1 Å². The molecular weight excluding hydrogens is 436 g/mol. The van der Waals surface area contributed by atoms with Gasteiger partial charge in [-0.3, -0.25) is 9.78 Å². The fraction of sp³-hybridized carbons (Fsp3) is 0.280. The Labute approximate surface area is 193 Å². The maximum Gasteiger partial charge on any atom is 0.243 e. The number of aromatic nitrogens is 1. The second kappa shape index (κ2) is 8.86. The van der Waals surface area contributed by atoms with Gasteiger partial charge in [0.15, 0.2) is 0 Å². The van der Waals surface area contributed by atoms with Crippen molar-refractivity contribution in [1.82, 2.24) is 10.3 Å². The molecule has 1 atom stereocenters. The zero-order valence-electron chi connectivity index (χ0n) is 18.2. The maximum absolute atomic E-state index is 13.2. The Kier molecular flexibility index (Phi) is 5.76. The van der Waals surface area contributed by atoms with Crippen molar-refractivity contribution in [2.45, 2.75) is 41.6 Å². The third kappa shape index (κ3) is 4.43. The van der Waals surface area contributed by atoms with Crippen LogP contribution in [0, 0.1) is 0 Å². The molecule has 1 amide bonds. The van der Waals surface area contributed by atoms with Gasteiger partial charge in [-0.15, -0.1) is 0 Å². The number of amides is 1. The van der Waals surface area contributed by atoms with Crippen molar-refractivity contribution in [3.63, 3.8) is 0 Å². The van der Waals surface area contributed by atoms with Gasteiger partial charge >= 0.3 is 0 Å². The lowest BCUT2D eigenvalue weighted by atomic mass is 10.1. The molecule has 170 valence electrons. The third-order valence-electron chi connectivity index (χ3n) is 6.27. The van der Waals surface area contributed by atoms with Crippen LogP contribution in [-0.4, -0.2) is 38.4 Å². The molecule has 0 spiro atoms. The molecule has 2 aliphatic heterocycles. The van der Waals surface area contributed by atoms with Crippen molar-refractivity contribution >= 4 is 27.1 Å². The molecule has 0 bridgehead atoms. The number of anilines is 2. The standard InChI is InChI=1S/C25H26N4O3S/c30-25(24-14-19-17-26-11-10-23(19)28-24)27-16-18-6-8-21(9-7-18)33(31,32)22-5-3-4-20(15-22)29-12-1-2-13-29/h3-11,15,17,24,28H,1-2,12-14,16H2,(H,27,30). The highest BCUT2D eigenvalue weighted by Crippen LogP contribution is 2.27. The first kappa shape index (κ1) is 21.5. The summed E-state index contributed by atoms with van der Waals surface area (Å²) in [6.07, 6.45) is 6.34. The number of carbonyl (C=O) groups excluding carboxylic acids is 1. The van der Waals surface area contributed by atoms with Crippen molar-refractivity contribution in [1.29, 1.82) is 0 Å². The van der Waals surface area contributed by atoms with Crippen LogP contribution < -0.4 is 15.5 Å². The molecule has 1 saturated heterocycles. The van der Waals surface area contributed by atoms with Crippen molar-refractivity contribution in [2.75, 3.05) is 23.3 Å². The molecule has 3 aromatic rings. The first-order valence-electron chi connectivity index (χ1n) is 11.2. The molecule has 2 aliphatic rings. The van der Waals surface area contributed by atoms with E-state index in [9.17, 15) is 13.2 Å². The Bertz CT molecular complexity index is 1240. The van der Waals surface area contributed by atoms with Crippen LogP contribution in [0.3, 0.4) is 0 Å². The van der Waals surface area contributed by atoms with E-state index in [1.54, 1.807) is 54.9 Å². The van der Waals surface area contributed by atoms with Gasteiger partial charge < -0.3 is 15.5 Å². The topological polar surface area (TPSA) is 91.4 Å². The average Bonchev–Trinajstić information content (AvgIpc) is 3.53. The van der Waals surface area contributed by atoms with Crippen LogP contribution >= 0.6 is 0 Å². The summed E-state index contributed by atoms with van der Waals surface area (Å²) in [5, 5.41) is 6.14. The van der Waals surface area contributed by atoms with Crippen LogP contribution in [0.4, 0.5) is 11.4 Å². The Morgan fingerprint density at radius 3 is 2.61 bits per heavy atom. The number of nitrogens with zero attached hydrogens (tertiary/aromatic N) is 2. The van der Waals surface area contributed by atoms with Crippen LogP contribution in [0.25, 0.3) is 0 Å². The number of rotatable bonds is 6. The molecule has 3 heterocycles. The number of benzene rings is 2. The van der Waals surface area contributed by atoms with Gasteiger partial charge in [-0.05, 0) is 60.4 Å². The third-order valence-corrected chi connectivity index (χ3v) is 8.04. The molecule has 0 radical (unpaired) electrons. The summed E-state index contributed by atoms with van der Waals surface area (Å²) in [4.78, 5) is 19.4. The van der Waals surface area contributed by atoms with Crippen molar-refractivity contribution in [2.24, 2.45) is 0 Å². The summed E-state index contributed by atoms with van der Waals surface area (Å²) in [6.45, 7) is 2.25. The van der Waals surface area contributed by atoms with E-state index < -0.39 is 9.84 Å². The predicted molar refractivity (Wildman–Crippen MR) is 127 cm³/mol. The first-order chi connectivity index (χ1) is 16.0. The highest BCUT2D eigenvalue weighted by molar-refractivity contribution is 7.91. The van der Waals surface area contributed by atoms with Crippen molar-refractivity contribution < 1.29 is 13.2 Å². The molecule has 7 nitrogen and oxygen atoms in total. The van der Waals surface area contributed by atoms with Gasteiger partial charge in [0.05, 0.1) is 9.79 Å². The fourth-order valence-corrected chi connectivity index (χ4v) is 5.71. The molecule has 1 aromatic heterocycles. The average molecular weight is 463 g/mol. The van der Waals surface area contributed by atoms with Gasteiger partial charge in [0.25, 0.3) is 0 Å². The number of pyridine rings is 1. The molecule has 2 N–H and O–H groups in total. The van der Waals surface area contributed by atoms with Crippen LogP contribution in [0.2, 0.25) is 0 Å². The highest BCUT2D eigenvalue weighted by Gasteiger charge is 2.26. The summed E-state index contributed by atoms with van der Waals surface area (Å²) in [7, 11) is -3.61. The lowest BCUT2D eigenvalue weighted by Gasteiger charge is -2.18. The van der Waals surface area contributed by atoms with Crippen LogP contribution in [0.1, 0.15) is 24.0 Å². The lowest BCUT2D eigenvalue weighted by Crippen LogP contribution is -2.38. The summed E-state index contributed by atoms with van der Waals surface area (Å²) >= 11 is 0. The number of hydrogen-bond donors (Lipinski definition) is 2. The predicted octanol–water partition coefficient (Wildman–Crippen LogP) is 3.17. The summed E-state index contributed by atoms with van der Waals surface area (Å²) < 4.78 is 26.3. The van der Waals surface area contributed by atoms with Gasteiger partial charge in [0.2, 0.25) is 15.7 Å². The fourth-order valence-electron chi connectivity index (χ4n) is 4.41. The Hall–Kier alpha value is -3.39. The van der Waals surface area contributed by atoms with E-state index in [2.05, 4.69) is 20.5 Å².